The Kier molecular flexibility index (Phi) is 7.66. The van der Waals surface area contributed by atoms with Crippen LogP contribution in [0.3, 0.4) is 0 Å². The van der Waals surface area contributed by atoms with E-state index in [2.05, 4.69) is 27.7 Å². The molecule has 0 radical (unpaired) electrons. The fourth-order valence-electron chi connectivity index (χ4n) is 2.69. The van der Waals surface area contributed by atoms with Crippen LogP contribution >= 0.6 is 0 Å². The van der Waals surface area contributed by atoms with Gasteiger partial charge in [0.05, 0.1) is 7.11 Å². The van der Waals surface area contributed by atoms with E-state index in [1.807, 2.05) is 0 Å². The summed E-state index contributed by atoms with van der Waals surface area (Å²) in [6.07, 6.45) is 4.14. The average Bonchev–Trinajstić information content (AvgIpc) is 2.90. The largest absolute Gasteiger partial charge is 0.497 e. The predicted octanol–water partition coefficient (Wildman–Crippen LogP) is 5.01. The number of amides is 1. The van der Waals surface area contributed by atoms with Crippen LogP contribution in [0.25, 0.3) is 11.0 Å². The Labute approximate surface area is 139 Å². The van der Waals surface area contributed by atoms with Crippen molar-refractivity contribution in [1.29, 1.82) is 0 Å². The van der Waals surface area contributed by atoms with Crippen LogP contribution in [-0.4, -0.2) is 13.0 Å². The third kappa shape index (κ3) is 6.35. The van der Waals surface area contributed by atoms with Gasteiger partial charge in [0.25, 0.3) is 5.91 Å². The molecule has 0 spiro atoms. The lowest BCUT2D eigenvalue weighted by Gasteiger charge is -2.11. The Morgan fingerprint density at radius 1 is 1.26 bits per heavy atom. The summed E-state index contributed by atoms with van der Waals surface area (Å²) in [5.41, 5.74) is 5.71. The standard InChI is InChI=1S/C10H9NO3.C9H20/c1-13-7-2-3-8-6(4-7)5-9(14-8)10(11)12;1-5-6-9(4)7-8(2)3/h2-5H,1H3,(H2,11,12);8-9H,5-7H2,1-4H3. The van der Waals surface area contributed by atoms with Gasteiger partial charge in [-0.3, -0.25) is 4.79 Å². The second-order valence-corrected chi connectivity index (χ2v) is 6.40. The highest BCUT2D eigenvalue weighted by Gasteiger charge is 2.08. The summed E-state index contributed by atoms with van der Waals surface area (Å²) in [6.45, 7) is 9.21. The van der Waals surface area contributed by atoms with Gasteiger partial charge in [-0.2, -0.15) is 0 Å². The Morgan fingerprint density at radius 3 is 2.48 bits per heavy atom. The third-order valence-electron chi connectivity index (χ3n) is 3.62. The Hall–Kier alpha value is -1.97. The van der Waals surface area contributed by atoms with Crippen molar-refractivity contribution in [2.24, 2.45) is 17.6 Å². The average molecular weight is 319 g/mol. The highest BCUT2D eigenvalue weighted by Crippen LogP contribution is 2.23. The van der Waals surface area contributed by atoms with Crippen LogP contribution in [0.5, 0.6) is 5.75 Å². The van der Waals surface area contributed by atoms with E-state index in [9.17, 15) is 4.79 Å². The monoisotopic (exact) mass is 319 g/mol. The molecular formula is C19H29NO3. The summed E-state index contributed by atoms with van der Waals surface area (Å²) in [5, 5.41) is 0.804. The lowest BCUT2D eigenvalue weighted by molar-refractivity contribution is 0.0976. The van der Waals surface area contributed by atoms with Crippen LogP contribution in [-0.2, 0) is 0 Å². The summed E-state index contributed by atoms with van der Waals surface area (Å²) < 4.78 is 10.2. The van der Waals surface area contributed by atoms with E-state index in [0.717, 1.165) is 17.2 Å². The number of carbonyl (C=O) groups excluding carboxylic acids is 1. The number of furan rings is 1. The van der Waals surface area contributed by atoms with Gasteiger partial charge in [0.2, 0.25) is 0 Å². The minimum Gasteiger partial charge on any atom is -0.497 e. The van der Waals surface area contributed by atoms with Gasteiger partial charge in [0.1, 0.15) is 11.3 Å². The molecular weight excluding hydrogens is 290 g/mol. The molecule has 1 heterocycles. The van der Waals surface area contributed by atoms with Crippen molar-refractivity contribution in [1.82, 2.24) is 0 Å². The van der Waals surface area contributed by atoms with Gasteiger partial charge < -0.3 is 14.9 Å². The lowest BCUT2D eigenvalue weighted by atomic mass is 9.95. The molecule has 0 bridgehead atoms. The second kappa shape index (κ2) is 9.23. The zero-order chi connectivity index (χ0) is 17.4. The van der Waals surface area contributed by atoms with Gasteiger partial charge in [-0.25, -0.2) is 0 Å². The first-order chi connectivity index (χ1) is 10.9. The first-order valence-corrected chi connectivity index (χ1v) is 8.24. The fraction of sp³-hybridized carbons (Fsp3) is 0.526. The van der Waals surface area contributed by atoms with Gasteiger partial charge in [-0.15, -0.1) is 0 Å². The molecule has 1 unspecified atom stereocenters. The van der Waals surface area contributed by atoms with E-state index in [0.29, 0.717) is 11.3 Å². The Bertz CT molecular complexity index is 616. The fourth-order valence-corrected chi connectivity index (χ4v) is 2.69. The van der Waals surface area contributed by atoms with Crippen LogP contribution in [0.15, 0.2) is 28.7 Å². The minimum atomic E-state index is -0.569. The number of fused-ring (bicyclic) bond motifs is 1. The van der Waals surface area contributed by atoms with Gasteiger partial charge in [0.15, 0.2) is 5.76 Å². The van der Waals surface area contributed by atoms with Gasteiger partial charge in [0, 0.05) is 5.39 Å². The maximum Gasteiger partial charge on any atom is 0.284 e. The second-order valence-electron chi connectivity index (χ2n) is 6.40. The topological polar surface area (TPSA) is 65.5 Å². The van der Waals surface area contributed by atoms with Crippen LogP contribution in [0, 0.1) is 11.8 Å². The predicted molar refractivity (Wildman–Crippen MR) is 94.8 cm³/mol. The zero-order valence-electron chi connectivity index (χ0n) is 14.9. The van der Waals surface area contributed by atoms with E-state index in [1.54, 1.807) is 31.4 Å². The molecule has 1 amide bonds. The van der Waals surface area contributed by atoms with Gasteiger partial charge >= 0.3 is 0 Å². The molecule has 0 saturated heterocycles. The van der Waals surface area contributed by atoms with Crippen molar-refractivity contribution < 1.29 is 13.9 Å². The lowest BCUT2D eigenvalue weighted by Crippen LogP contribution is -2.08. The van der Waals surface area contributed by atoms with Crippen molar-refractivity contribution in [2.45, 2.75) is 47.0 Å². The molecule has 2 rings (SSSR count). The molecule has 4 heteroatoms. The van der Waals surface area contributed by atoms with Crippen LogP contribution in [0.4, 0.5) is 0 Å². The van der Waals surface area contributed by atoms with Crippen LogP contribution in [0.1, 0.15) is 57.5 Å². The molecule has 4 nitrogen and oxygen atoms in total. The number of hydrogen-bond acceptors (Lipinski definition) is 3. The molecule has 0 saturated carbocycles. The van der Waals surface area contributed by atoms with E-state index in [-0.39, 0.29) is 5.76 Å². The first-order valence-electron chi connectivity index (χ1n) is 8.24. The van der Waals surface area contributed by atoms with Crippen molar-refractivity contribution in [2.75, 3.05) is 7.11 Å². The number of methoxy groups -OCH3 is 1. The van der Waals surface area contributed by atoms with Crippen molar-refractivity contribution in [3.63, 3.8) is 0 Å². The Morgan fingerprint density at radius 2 is 1.96 bits per heavy atom. The normalized spacial score (nSPS) is 11.9. The summed E-state index contributed by atoms with van der Waals surface area (Å²) in [7, 11) is 1.58. The molecule has 0 fully saturated rings. The summed E-state index contributed by atoms with van der Waals surface area (Å²) >= 11 is 0. The molecule has 0 aliphatic heterocycles. The van der Waals surface area contributed by atoms with Crippen LogP contribution in [0.2, 0.25) is 0 Å². The van der Waals surface area contributed by atoms with E-state index >= 15 is 0 Å². The molecule has 1 aromatic heterocycles. The van der Waals surface area contributed by atoms with Gasteiger partial charge in [-0.05, 0) is 42.5 Å². The number of primary amides is 1. The number of ether oxygens (including phenoxy) is 1. The number of hydrogen-bond donors (Lipinski definition) is 1. The first kappa shape index (κ1) is 19.1. The number of carbonyl (C=O) groups is 1. The van der Waals surface area contributed by atoms with Crippen molar-refractivity contribution in [3.05, 3.63) is 30.0 Å². The van der Waals surface area contributed by atoms with E-state index < -0.39 is 5.91 Å². The smallest absolute Gasteiger partial charge is 0.284 e. The molecule has 23 heavy (non-hydrogen) atoms. The maximum atomic E-state index is 10.8. The zero-order valence-corrected chi connectivity index (χ0v) is 14.9. The van der Waals surface area contributed by atoms with Gasteiger partial charge in [-0.1, -0.05) is 40.5 Å². The molecule has 128 valence electrons. The number of nitrogens with two attached hydrogens (primary N) is 1. The third-order valence-corrected chi connectivity index (χ3v) is 3.62. The Balaban J connectivity index is 0.000000257. The van der Waals surface area contributed by atoms with Crippen molar-refractivity contribution in [3.8, 4) is 5.75 Å². The summed E-state index contributed by atoms with van der Waals surface area (Å²) in [5.74, 6) is 2.13. The highest BCUT2D eigenvalue weighted by atomic mass is 16.5. The molecule has 2 aromatic rings. The minimum absolute atomic E-state index is 0.160. The highest BCUT2D eigenvalue weighted by molar-refractivity contribution is 5.95. The molecule has 0 aliphatic carbocycles. The van der Waals surface area contributed by atoms with E-state index in [4.69, 9.17) is 14.9 Å². The van der Waals surface area contributed by atoms with Crippen LogP contribution < -0.4 is 10.5 Å². The summed E-state index contributed by atoms with van der Waals surface area (Å²) in [6, 6.07) is 6.88. The summed E-state index contributed by atoms with van der Waals surface area (Å²) in [4.78, 5) is 10.8. The maximum absolute atomic E-state index is 10.8. The molecule has 1 atom stereocenters. The van der Waals surface area contributed by atoms with Crippen molar-refractivity contribution >= 4 is 16.9 Å². The SMILES string of the molecule is CCCC(C)CC(C)C.COc1ccc2oc(C(N)=O)cc2c1. The number of benzene rings is 1. The molecule has 0 aliphatic rings. The quantitative estimate of drug-likeness (QED) is 0.814. The number of rotatable bonds is 6. The molecule has 1 aromatic carbocycles. The van der Waals surface area contributed by atoms with E-state index in [1.165, 1.54) is 19.3 Å². The molecule has 2 N–H and O–H groups in total.